The highest BCUT2D eigenvalue weighted by Gasteiger charge is 2.36. The van der Waals surface area contributed by atoms with E-state index in [1.807, 2.05) is 0 Å². The second-order valence-electron chi connectivity index (χ2n) is 5.35. The summed E-state index contributed by atoms with van der Waals surface area (Å²) in [4.78, 5) is 0. The fourth-order valence-electron chi connectivity index (χ4n) is 0.633. The molecule has 1 nitrogen and oxygen atoms in total. The molecule has 2 heteroatoms. The summed E-state index contributed by atoms with van der Waals surface area (Å²) in [6, 6.07) is 0. The van der Waals surface area contributed by atoms with Crippen LogP contribution in [0, 0.1) is 0 Å². The summed E-state index contributed by atoms with van der Waals surface area (Å²) >= 11 is 0. The predicted molar refractivity (Wildman–Crippen MR) is 62.6 cm³/mol. The van der Waals surface area contributed by atoms with Gasteiger partial charge in [-0.25, -0.2) is 0 Å². The number of allylic oxidation sites excluding steroid dienone is 1. The van der Waals surface area contributed by atoms with Crippen molar-refractivity contribution in [2.75, 3.05) is 6.61 Å². The third-order valence-corrected chi connectivity index (χ3v) is 7.24. The van der Waals surface area contributed by atoms with E-state index in [9.17, 15) is 0 Å². The van der Waals surface area contributed by atoms with Crippen molar-refractivity contribution in [2.24, 2.45) is 0 Å². The van der Waals surface area contributed by atoms with Crippen LogP contribution in [0.2, 0.25) is 18.1 Å². The molecule has 0 unspecified atom stereocenters. The Morgan fingerprint density at radius 1 is 1.23 bits per heavy atom. The molecule has 0 spiro atoms. The predicted octanol–water partition coefficient (Wildman–Crippen LogP) is 3.97. The Kier molecular flexibility index (Phi) is 4.40. The van der Waals surface area contributed by atoms with E-state index in [0.717, 1.165) is 6.61 Å². The van der Waals surface area contributed by atoms with Crippen molar-refractivity contribution >= 4 is 8.32 Å². The number of hydrogen-bond donors (Lipinski definition) is 0. The molecule has 0 bridgehead atoms. The van der Waals surface area contributed by atoms with Gasteiger partial charge in [0.15, 0.2) is 8.32 Å². The Bertz CT molecular complexity index is 183. The van der Waals surface area contributed by atoms with Gasteiger partial charge in [0.25, 0.3) is 0 Å². The highest BCUT2D eigenvalue weighted by atomic mass is 28.4. The maximum Gasteiger partial charge on any atom is 0.192 e. The molecule has 0 saturated carbocycles. The Morgan fingerprint density at radius 2 is 1.69 bits per heavy atom. The minimum absolute atomic E-state index is 0.322. The van der Waals surface area contributed by atoms with Crippen LogP contribution in [-0.4, -0.2) is 14.9 Å². The van der Waals surface area contributed by atoms with Gasteiger partial charge < -0.3 is 4.43 Å². The van der Waals surface area contributed by atoms with Gasteiger partial charge in [0, 0.05) is 0 Å². The zero-order chi connectivity index (χ0) is 10.7. The molecule has 0 atom stereocenters. The van der Waals surface area contributed by atoms with Crippen LogP contribution in [-0.2, 0) is 4.43 Å². The molecule has 0 saturated heterocycles. The van der Waals surface area contributed by atoms with Gasteiger partial charge in [-0.15, -0.1) is 0 Å². The van der Waals surface area contributed by atoms with E-state index >= 15 is 0 Å². The molecule has 0 aromatic rings. The first-order valence-corrected chi connectivity index (χ1v) is 7.85. The first kappa shape index (κ1) is 12.9. The van der Waals surface area contributed by atoms with Gasteiger partial charge in [-0.3, -0.25) is 0 Å². The molecule has 13 heavy (non-hydrogen) atoms. The Labute approximate surface area is 84.3 Å². The molecule has 0 rings (SSSR count). The van der Waals surface area contributed by atoms with Crippen molar-refractivity contribution in [3.63, 3.8) is 0 Å². The van der Waals surface area contributed by atoms with Gasteiger partial charge in [-0.1, -0.05) is 32.4 Å². The maximum absolute atomic E-state index is 5.97. The van der Waals surface area contributed by atoms with E-state index in [0.29, 0.717) is 5.04 Å². The summed E-state index contributed by atoms with van der Waals surface area (Å²) in [5.74, 6) is 0. The van der Waals surface area contributed by atoms with E-state index in [4.69, 9.17) is 4.43 Å². The van der Waals surface area contributed by atoms with Crippen LogP contribution in [0.15, 0.2) is 11.6 Å². The second-order valence-corrected chi connectivity index (χ2v) is 10.2. The standard InChI is InChI=1S/C11H24OSi/c1-10(2)8-9-12-13(6,7)11(3,4)5/h8H,9H2,1-7H3/i1-1/b10-8-. The minimum atomic E-state index is -1.52. The molecule has 0 radical (unpaired) electrons. The average molecular weight is 199 g/mol. The molecule has 0 fully saturated rings. The van der Waals surface area contributed by atoms with Crippen LogP contribution in [0.25, 0.3) is 0 Å². The summed E-state index contributed by atoms with van der Waals surface area (Å²) in [7, 11) is -1.52. The van der Waals surface area contributed by atoms with Gasteiger partial charge in [0.1, 0.15) is 0 Å². The highest BCUT2D eigenvalue weighted by molar-refractivity contribution is 6.74. The smallest absolute Gasteiger partial charge is 0.192 e. The Morgan fingerprint density at radius 3 is 2.00 bits per heavy atom. The average Bonchev–Trinajstić information content (AvgIpc) is 1.82. The molecule has 0 N–H and O–H groups in total. The fraction of sp³-hybridized carbons (Fsp3) is 0.818. The summed E-state index contributed by atoms with van der Waals surface area (Å²) in [5, 5.41) is 0.322. The van der Waals surface area contributed by atoms with Crippen molar-refractivity contribution in [2.45, 2.75) is 52.8 Å². The van der Waals surface area contributed by atoms with E-state index in [1.165, 1.54) is 5.57 Å². The lowest BCUT2D eigenvalue weighted by atomic mass is 10.1. The molecule has 0 aromatic heterocycles. The van der Waals surface area contributed by atoms with Crippen molar-refractivity contribution < 1.29 is 4.43 Å². The van der Waals surface area contributed by atoms with E-state index in [2.05, 4.69) is 53.8 Å². The van der Waals surface area contributed by atoms with Gasteiger partial charge in [-0.05, 0) is 32.0 Å². The minimum Gasteiger partial charge on any atom is -0.413 e. The maximum atomic E-state index is 5.97. The first-order valence-electron chi connectivity index (χ1n) is 4.94. The van der Waals surface area contributed by atoms with Crippen LogP contribution in [0.3, 0.4) is 0 Å². The Balaban J connectivity index is 4.12. The summed E-state index contributed by atoms with van der Waals surface area (Å²) in [6.45, 7) is 16.4. The molecule has 0 heterocycles. The highest BCUT2D eigenvalue weighted by Crippen LogP contribution is 2.36. The molecule has 0 aliphatic heterocycles. The lowest BCUT2D eigenvalue weighted by Gasteiger charge is -2.35. The zero-order valence-electron chi connectivity index (χ0n) is 10.2. The van der Waals surface area contributed by atoms with Crippen LogP contribution in [0.1, 0.15) is 34.6 Å². The van der Waals surface area contributed by atoms with E-state index in [-0.39, 0.29) is 0 Å². The molecule has 78 valence electrons. The second kappa shape index (κ2) is 4.42. The Hall–Kier alpha value is -0.0831. The van der Waals surface area contributed by atoms with Crippen molar-refractivity contribution in [3.8, 4) is 0 Å². The summed E-state index contributed by atoms with van der Waals surface area (Å²) in [5.41, 5.74) is 1.33. The lowest BCUT2D eigenvalue weighted by Crippen LogP contribution is -2.40. The van der Waals surface area contributed by atoms with Gasteiger partial charge >= 0.3 is 0 Å². The van der Waals surface area contributed by atoms with Crippen LogP contribution in [0.5, 0.6) is 0 Å². The van der Waals surface area contributed by atoms with Crippen molar-refractivity contribution in [1.29, 1.82) is 0 Å². The topological polar surface area (TPSA) is 9.23 Å². The van der Waals surface area contributed by atoms with Crippen LogP contribution >= 0.6 is 0 Å². The van der Waals surface area contributed by atoms with Crippen LogP contribution in [0.4, 0.5) is 0 Å². The number of hydrogen-bond acceptors (Lipinski definition) is 1. The molecular weight excluding hydrogens is 175 g/mol. The van der Waals surface area contributed by atoms with E-state index in [1.54, 1.807) is 0 Å². The van der Waals surface area contributed by atoms with E-state index < -0.39 is 8.32 Å². The first-order chi connectivity index (χ1) is 5.67. The van der Waals surface area contributed by atoms with Gasteiger partial charge in [0.05, 0.1) is 6.61 Å². The lowest BCUT2D eigenvalue weighted by molar-refractivity contribution is 0.327. The van der Waals surface area contributed by atoms with Crippen molar-refractivity contribution in [1.82, 2.24) is 0 Å². The van der Waals surface area contributed by atoms with Gasteiger partial charge in [-0.2, -0.15) is 0 Å². The van der Waals surface area contributed by atoms with Crippen LogP contribution < -0.4 is 0 Å². The fourth-order valence-corrected chi connectivity index (χ4v) is 1.57. The summed E-state index contributed by atoms with van der Waals surface area (Å²) in [6.07, 6.45) is 2.15. The van der Waals surface area contributed by atoms with Gasteiger partial charge in [0.2, 0.25) is 0 Å². The number of rotatable bonds is 3. The quantitative estimate of drug-likeness (QED) is 0.493. The molecule has 0 amide bonds. The molecular formula is C11H24OSi. The van der Waals surface area contributed by atoms with Crippen molar-refractivity contribution in [3.05, 3.63) is 11.6 Å². The molecule has 0 aliphatic rings. The third kappa shape index (κ3) is 4.63. The zero-order valence-corrected chi connectivity index (χ0v) is 11.2. The third-order valence-electron chi connectivity index (χ3n) is 2.74. The monoisotopic (exact) mass is 199 g/mol. The molecule has 0 aliphatic carbocycles. The largest absolute Gasteiger partial charge is 0.413 e. The normalized spacial score (nSPS) is 14.8. The SMILES string of the molecule is C/C([11CH3])=C\CO[Si](C)(C)C(C)(C)C. The molecule has 0 aromatic carbocycles. The summed E-state index contributed by atoms with van der Waals surface area (Å²) < 4.78 is 5.97.